The fourth-order valence-corrected chi connectivity index (χ4v) is 1.51. The third-order valence-electron chi connectivity index (χ3n) is 2.54. The van der Waals surface area contributed by atoms with E-state index >= 15 is 0 Å². The summed E-state index contributed by atoms with van der Waals surface area (Å²) >= 11 is 0. The average molecular weight is 229 g/mol. The second kappa shape index (κ2) is 4.74. The number of nitrogen functional groups attached to an aromatic ring is 1. The Balaban J connectivity index is 2.28. The Kier molecular flexibility index (Phi) is 3.14. The molecule has 88 valence electrons. The first-order chi connectivity index (χ1) is 8.20. The number of nitrogens with two attached hydrogens (primary N) is 1. The van der Waals surface area contributed by atoms with E-state index in [9.17, 15) is 0 Å². The van der Waals surface area contributed by atoms with Gasteiger partial charge >= 0.3 is 0 Å². The maximum absolute atomic E-state index is 5.94. The number of aryl methyl sites for hydroxylation is 1. The summed E-state index contributed by atoms with van der Waals surface area (Å²) in [6.45, 7) is 1.95. The maximum atomic E-state index is 5.94. The monoisotopic (exact) mass is 229 g/mol. The summed E-state index contributed by atoms with van der Waals surface area (Å²) in [5, 5.41) is 3.17. The van der Waals surface area contributed by atoms with Gasteiger partial charge in [0.1, 0.15) is 5.75 Å². The highest BCUT2D eigenvalue weighted by Crippen LogP contribution is 2.25. The van der Waals surface area contributed by atoms with Gasteiger partial charge in [0.2, 0.25) is 0 Å². The summed E-state index contributed by atoms with van der Waals surface area (Å²) in [7, 11) is 1.64. The number of hydrogen-bond donors (Lipinski definition) is 2. The molecule has 4 nitrogen and oxygen atoms in total. The van der Waals surface area contributed by atoms with Gasteiger partial charge in [-0.3, -0.25) is 0 Å². The van der Waals surface area contributed by atoms with Crippen LogP contribution in [-0.4, -0.2) is 12.1 Å². The first-order valence-corrected chi connectivity index (χ1v) is 5.33. The van der Waals surface area contributed by atoms with Crippen LogP contribution >= 0.6 is 0 Å². The lowest BCUT2D eigenvalue weighted by atomic mass is 10.2. The van der Waals surface area contributed by atoms with Gasteiger partial charge in [-0.15, -0.1) is 0 Å². The van der Waals surface area contributed by atoms with Crippen molar-refractivity contribution in [1.82, 2.24) is 4.98 Å². The first kappa shape index (κ1) is 11.3. The molecule has 1 aromatic carbocycles. The quantitative estimate of drug-likeness (QED) is 0.849. The standard InChI is InChI=1S/C13H15N3O/c1-9-6-7-15-13(12(9)14)16-10-4-3-5-11(8-10)17-2/h3-8H,14H2,1-2H3,(H,15,16). The molecule has 0 aliphatic rings. The Morgan fingerprint density at radius 1 is 1.29 bits per heavy atom. The maximum Gasteiger partial charge on any atom is 0.153 e. The van der Waals surface area contributed by atoms with Gasteiger partial charge in [-0.2, -0.15) is 0 Å². The van der Waals surface area contributed by atoms with E-state index in [4.69, 9.17) is 10.5 Å². The van der Waals surface area contributed by atoms with Gasteiger partial charge in [-0.1, -0.05) is 6.07 Å². The fourth-order valence-electron chi connectivity index (χ4n) is 1.51. The number of rotatable bonds is 3. The lowest BCUT2D eigenvalue weighted by molar-refractivity contribution is 0.415. The van der Waals surface area contributed by atoms with Crippen molar-refractivity contribution in [1.29, 1.82) is 0 Å². The molecule has 1 aromatic heterocycles. The third-order valence-corrected chi connectivity index (χ3v) is 2.54. The van der Waals surface area contributed by atoms with Gasteiger partial charge in [0, 0.05) is 18.0 Å². The zero-order chi connectivity index (χ0) is 12.3. The van der Waals surface area contributed by atoms with Crippen LogP contribution in [0.5, 0.6) is 5.75 Å². The van der Waals surface area contributed by atoms with E-state index in [0.717, 1.165) is 17.0 Å². The van der Waals surface area contributed by atoms with E-state index in [0.29, 0.717) is 11.5 Å². The molecular weight excluding hydrogens is 214 g/mol. The van der Waals surface area contributed by atoms with Crippen molar-refractivity contribution in [2.75, 3.05) is 18.2 Å². The molecule has 4 heteroatoms. The predicted octanol–water partition coefficient (Wildman–Crippen LogP) is 2.72. The molecule has 0 unspecified atom stereocenters. The predicted molar refractivity (Wildman–Crippen MR) is 69.7 cm³/mol. The molecule has 0 fully saturated rings. The van der Waals surface area contributed by atoms with Crippen molar-refractivity contribution >= 4 is 17.2 Å². The van der Waals surface area contributed by atoms with Crippen LogP contribution in [0.1, 0.15) is 5.56 Å². The summed E-state index contributed by atoms with van der Waals surface area (Å²) in [5.41, 5.74) is 8.51. The van der Waals surface area contributed by atoms with Gasteiger partial charge in [0.15, 0.2) is 5.82 Å². The van der Waals surface area contributed by atoms with E-state index in [2.05, 4.69) is 10.3 Å². The molecule has 0 saturated carbocycles. The van der Waals surface area contributed by atoms with Crippen molar-refractivity contribution in [3.63, 3.8) is 0 Å². The van der Waals surface area contributed by atoms with Gasteiger partial charge < -0.3 is 15.8 Å². The molecule has 0 saturated heterocycles. The second-order valence-corrected chi connectivity index (χ2v) is 3.75. The largest absolute Gasteiger partial charge is 0.497 e. The Labute approximate surface area is 100 Å². The molecular formula is C13H15N3O. The van der Waals surface area contributed by atoms with Gasteiger partial charge in [-0.25, -0.2) is 4.98 Å². The topological polar surface area (TPSA) is 60.2 Å². The molecule has 0 aliphatic heterocycles. The van der Waals surface area contributed by atoms with E-state index < -0.39 is 0 Å². The summed E-state index contributed by atoms with van der Waals surface area (Å²) in [6.07, 6.45) is 1.73. The van der Waals surface area contributed by atoms with Crippen LogP contribution < -0.4 is 15.8 Å². The van der Waals surface area contributed by atoms with Crippen LogP contribution in [-0.2, 0) is 0 Å². The number of hydrogen-bond acceptors (Lipinski definition) is 4. The highest BCUT2D eigenvalue weighted by atomic mass is 16.5. The number of ether oxygens (including phenoxy) is 1. The highest BCUT2D eigenvalue weighted by molar-refractivity contribution is 5.71. The number of aromatic nitrogens is 1. The fraction of sp³-hybridized carbons (Fsp3) is 0.154. The minimum atomic E-state index is 0.662. The number of pyridine rings is 1. The van der Waals surface area contributed by atoms with Crippen LogP contribution in [0.3, 0.4) is 0 Å². The number of methoxy groups -OCH3 is 1. The van der Waals surface area contributed by atoms with Crippen LogP contribution in [0.15, 0.2) is 36.5 Å². The van der Waals surface area contributed by atoms with Gasteiger partial charge in [0.05, 0.1) is 12.8 Å². The minimum absolute atomic E-state index is 0.662. The van der Waals surface area contributed by atoms with Crippen LogP contribution in [0.4, 0.5) is 17.2 Å². The van der Waals surface area contributed by atoms with Crippen LogP contribution in [0.2, 0.25) is 0 Å². The van der Waals surface area contributed by atoms with Crippen molar-refractivity contribution in [3.8, 4) is 5.75 Å². The Morgan fingerprint density at radius 2 is 2.12 bits per heavy atom. The Morgan fingerprint density at radius 3 is 2.88 bits per heavy atom. The molecule has 3 N–H and O–H groups in total. The zero-order valence-corrected chi connectivity index (χ0v) is 9.90. The molecule has 0 radical (unpaired) electrons. The number of nitrogens with one attached hydrogen (secondary N) is 1. The van der Waals surface area contributed by atoms with E-state index in [1.165, 1.54) is 0 Å². The van der Waals surface area contributed by atoms with E-state index in [-0.39, 0.29) is 0 Å². The van der Waals surface area contributed by atoms with E-state index in [1.54, 1.807) is 13.3 Å². The third kappa shape index (κ3) is 2.47. The zero-order valence-electron chi connectivity index (χ0n) is 9.90. The molecule has 2 rings (SSSR count). The molecule has 1 heterocycles. The highest BCUT2D eigenvalue weighted by Gasteiger charge is 2.03. The summed E-state index contributed by atoms with van der Waals surface area (Å²) in [4.78, 5) is 4.21. The molecule has 2 aromatic rings. The lowest BCUT2D eigenvalue weighted by Crippen LogP contribution is -2.00. The van der Waals surface area contributed by atoms with Crippen molar-refractivity contribution in [3.05, 3.63) is 42.1 Å². The summed E-state index contributed by atoms with van der Waals surface area (Å²) in [5.74, 6) is 1.46. The van der Waals surface area contributed by atoms with Crippen molar-refractivity contribution in [2.45, 2.75) is 6.92 Å². The normalized spacial score (nSPS) is 10.0. The average Bonchev–Trinajstić information content (AvgIpc) is 2.35. The summed E-state index contributed by atoms with van der Waals surface area (Å²) in [6, 6.07) is 9.51. The van der Waals surface area contributed by atoms with Gasteiger partial charge in [-0.05, 0) is 30.7 Å². The number of benzene rings is 1. The number of anilines is 3. The smallest absolute Gasteiger partial charge is 0.153 e. The summed E-state index contributed by atoms with van der Waals surface area (Å²) < 4.78 is 5.15. The molecule has 0 spiro atoms. The first-order valence-electron chi connectivity index (χ1n) is 5.33. The van der Waals surface area contributed by atoms with Gasteiger partial charge in [0.25, 0.3) is 0 Å². The molecule has 0 bridgehead atoms. The molecule has 0 atom stereocenters. The minimum Gasteiger partial charge on any atom is -0.497 e. The van der Waals surface area contributed by atoms with Crippen LogP contribution in [0, 0.1) is 6.92 Å². The number of nitrogens with zero attached hydrogens (tertiary/aromatic N) is 1. The molecule has 0 amide bonds. The van der Waals surface area contributed by atoms with Crippen molar-refractivity contribution in [2.24, 2.45) is 0 Å². The Bertz CT molecular complexity index is 526. The second-order valence-electron chi connectivity index (χ2n) is 3.75. The molecule has 17 heavy (non-hydrogen) atoms. The SMILES string of the molecule is COc1cccc(Nc2nccc(C)c2N)c1. The molecule has 0 aliphatic carbocycles. The Hall–Kier alpha value is -2.23. The van der Waals surface area contributed by atoms with Crippen molar-refractivity contribution < 1.29 is 4.74 Å². The van der Waals surface area contributed by atoms with E-state index in [1.807, 2.05) is 37.3 Å². The lowest BCUT2D eigenvalue weighted by Gasteiger charge is -2.10. The van der Waals surface area contributed by atoms with Crippen LogP contribution in [0.25, 0.3) is 0 Å².